The molecule has 5 heteroatoms. The molecule has 0 saturated heterocycles. The fourth-order valence-corrected chi connectivity index (χ4v) is 13.7. The summed E-state index contributed by atoms with van der Waals surface area (Å²) >= 11 is 0. The standard InChI is InChI=1S/C55H67N3OSi/c1-35(38-18-10-9-11-19-38)40-28-29-57-36(2)52-45(43-20-14-15-21-44(43)48-32-41(30-37-16-12-13-17-37)50(34-58(48)52)60(6,7)8)25-22-39-23-26-46-47-27-24-42(33-55(3,4)5)56-54(47)59-53(46)51(39)49(57)31-40/h14-15,20-21,23-24,26-29,31-32,34-35,37-38,45,52H,2,9-13,16-19,22,25,30,33H2,1,3-8H3/q+2. The predicted molar refractivity (Wildman–Crippen MR) is 251 cm³/mol. The number of allylic oxidation sites excluding steroid dienone is 1. The second kappa shape index (κ2) is 15.2. The summed E-state index contributed by atoms with van der Waals surface area (Å²) < 4.78 is 12.2. The summed E-state index contributed by atoms with van der Waals surface area (Å²) in [6.45, 7) is 22.1. The molecular weight excluding hydrogens is 747 g/mol. The number of nitrogens with zero attached hydrogens (tertiary/aromatic N) is 3. The molecule has 3 unspecified atom stereocenters. The molecule has 60 heavy (non-hydrogen) atoms. The number of furan rings is 1. The highest BCUT2D eigenvalue weighted by molar-refractivity contribution is 6.89. The Balaban J connectivity index is 1.20. The van der Waals surface area contributed by atoms with Gasteiger partial charge in [0.05, 0.1) is 19.6 Å². The van der Waals surface area contributed by atoms with Crippen molar-refractivity contribution in [3.63, 3.8) is 0 Å². The van der Waals surface area contributed by atoms with Gasteiger partial charge < -0.3 is 4.42 Å². The molecule has 0 bridgehead atoms. The highest BCUT2D eigenvalue weighted by atomic mass is 28.3. The number of hydrogen-bond donors (Lipinski definition) is 0. The monoisotopic (exact) mass is 814 g/mol. The Bertz CT molecular complexity index is 2630. The van der Waals surface area contributed by atoms with Crippen molar-refractivity contribution in [3.8, 4) is 22.5 Å². The molecule has 0 amide bonds. The summed E-state index contributed by atoms with van der Waals surface area (Å²) in [5.41, 5.74) is 15.1. The third kappa shape index (κ3) is 7.11. The molecule has 4 nitrogen and oxygen atoms in total. The highest BCUT2D eigenvalue weighted by Gasteiger charge is 2.48. The number of aryl methyl sites for hydroxylation is 1. The number of fused-ring (bicyclic) bond motifs is 13. The average molecular weight is 814 g/mol. The van der Waals surface area contributed by atoms with Crippen molar-refractivity contribution in [2.24, 2.45) is 17.3 Å². The molecule has 3 atom stereocenters. The zero-order valence-electron chi connectivity index (χ0n) is 37.5. The molecule has 310 valence electrons. The van der Waals surface area contributed by atoms with E-state index in [1.807, 2.05) is 0 Å². The van der Waals surface area contributed by atoms with Crippen LogP contribution < -0.4 is 14.3 Å². The summed E-state index contributed by atoms with van der Waals surface area (Å²) in [5, 5.41) is 3.87. The maximum absolute atomic E-state index is 7.05. The largest absolute Gasteiger partial charge is 0.437 e. The molecule has 2 aromatic carbocycles. The SMILES string of the molecule is C=C1C2C(CCc3ccc4c(oc5nc(CC(C)(C)C)ccc54)c3-c3cc(C(C)C4CCCCC4)cc[n+]31)c1ccccc1-c1cc(CC3CCCC3)c([Si](C)(C)C)c[n+]12. The van der Waals surface area contributed by atoms with Crippen molar-refractivity contribution in [1.82, 2.24) is 4.98 Å². The van der Waals surface area contributed by atoms with Crippen molar-refractivity contribution in [1.29, 1.82) is 0 Å². The lowest BCUT2D eigenvalue weighted by molar-refractivity contribution is -0.726. The molecule has 2 fully saturated rings. The van der Waals surface area contributed by atoms with E-state index in [1.54, 1.807) is 10.8 Å². The normalized spacial score (nSPS) is 20.5. The van der Waals surface area contributed by atoms with Crippen LogP contribution in [0.15, 0.2) is 90.1 Å². The first-order valence-corrected chi connectivity index (χ1v) is 27.1. The predicted octanol–water partition coefficient (Wildman–Crippen LogP) is 13.2. The van der Waals surface area contributed by atoms with Crippen LogP contribution >= 0.6 is 0 Å². The van der Waals surface area contributed by atoms with Crippen LogP contribution in [0.5, 0.6) is 0 Å². The van der Waals surface area contributed by atoms with Gasteiger partial charge in [0.15, 0.2) is 18.0 Å². The van der Waals surface area contributed by atoms with Gasteiger partial charge in [0.1, 0.15) is 0 Å². The number of pyridine rings is 3. The summed E-state index contributed by atoms with van der Waals surface area (Å²) in [6.07, 6.45) is 21.3. The molecular formula is C55H67N3OSi+2. The van der Waals surface area contributed by atoms with E-state index in [-0.39, 0.29) is 17.4 Å². The van der Waals surface area contributed by atoms with Gasteiger partial charge in [-0.05, 0) is 109 Å². The molecule has 10 rings (SSSR count). The minimum atomic E-state index is -1.71. The van der Waals surface area contributed by atoms with Crippen molar-refractivity contribution < 1.29 is 13.6 Å². The Morgan fingerprint density at radius 3 is 2.37 bits per heavy atom. The third-order valence-corrected chi connectivity index (χ3v) is 17.2. The van der Waals surface area contributed by atoms with Crippen LogP contribution in [0.1, 0.15) is 138 Å². The molecule has 6 heterocycles. The van der Waals surface area contributed by atoms with E-state index in [9.17, 15) is 0 Å². The highest BCUT2D eigenvalue weighted by Crippen LogP contribution is 2.47. The van der Waals surface area contributed by atoms with Crippen molar-refractivity contribution in [2.75, 3.05) is 0 Å². The number of hydrogen-bond acceptors (Lipinski definition) is 2. The second-order valence-corrected chi connectivity index (χ2v) is 26.7. The van der Waals surface area contributed by atoms with Crippen LogP contribution in [0.25, 0.3) is 50.3 Å². The van der Waals surface area contributed by atoms with Crippen molar-refractivity contribution >= 4 is 41.0 Å². The third-order valence-electron chi connectivity index (χ3n) is 15.2. The zero-order valence-corrected chi connectivity index (χ0v) is 38.5. The minimum absolute atomic E-state index is 0.0676. The van der Waals surface area contributed by atoms with Gasteiger partial charge in [-0.1, -0.05) is 123 Å². The van der Waals surface area contributed by atoms with Gasteiger partial charge in [-0.3, -0.25) is 0 Å². The van der Waals surface area contributed by atoms with Crippen LogP contribution in [0.3, 0.4) is 0 Å². The maximum Gasteiger partial charge on any atom is 0.249 e. The molecule has 2 saturated carbocycles. The van der Waals surface area contributed by atoms with Gasteiger partial charge in [-0.15, -0.1) is 0 Å². The Labute approximate surface area is 360 Å². The first-order chi connectivity index (χ1) is 28.8. The minimum Gasteiger partial charge on any atom is -0.437 e. The van der Waals surface area contributed by atoms with Gasteiger partial charge in [0.25, 0.3) is 0 Å². The average Bonchev–Trinajstić information content (AvgIpc) is 3.89. The molecule has 6 aromatic rings. The number of aromatic nitrogens is 3. The lowest BCUT2D eigenvalue weighted by atomic mass is 9.77. The van der Waals surface area contributed by atoms with Gasteiger partial charge >= 0.3 is 0 Å². The van der Waals surface area contributed by atoms with E-state index in [4.69, 9.17) is 16.0 Å². The molecule has 4 aliphatic rings. The summed E-state index contributed by atoms with van der Waals surface area (Å²) in [7, 11) is -1.71. The lowest BCUT2D eigenvalue weighted by Gasteiger charge is -2.31. The van der Waals surface area contributed by atoms with Crippen LogP contribution in [-0.2, 0) is 19.3 Å². The first-order valence-electron chi connectivity index (χ1n) is 23.6. The number of benzene rings is 2. The van der Waals surface area contributed by atoms with Gasteiger partial charge in [-0.25, -0.2) is 4.98 Å². The maximum atomic E-state index is 7.05. The van der Waals surface area contributed by atoms with E-state index in [0.717, 1.165) is 58.6 Å². The first kappa shape index (κ1) is 39.8. The molecule has 0 N–H and O–H groups in total. The van der Waals surface area contributed by atoms with Crippen LogP contribution in [0.2, 0.25) is 19.6 Å². The second-order valence-electron chi connectivity index (χ2n) is 21.7. The molecule has 2 aliphatic heterocycles. The lowest BCUT2D eigenvalue weighted by Crippen LogP contribution is -2.57. The quantitative estimate of drug-likeness (QED) is 0.124. The summed E-state index contributed by atoms with van der Waals surface area (Å²) in [6, 6.07) is 26.2. The molecule has 2 aliphatic carbocycles. The fourth-order valence-electron chi connectivity index (χ4n) is 12.1. The van der Waals surface area contributed by atoms with E-state index in [2.05, 4.69) is 136 Å². The van der Waals surface area contributed by atoms with Gasteiger partial charge in [-0.2, -0.15) is 9.13 Å². The number of rotatable bonds is 6. The van der Waals surface area contributed by atoms with E-state index in [1.165, 1.54) is 103 Å². The Kier molecular flexibility index (Phi) is 10.1. The Morgan fingerprint density at radius 2 is 1.60 bits per heavy atom. The Hall–Kier alpha value is -4.35. The van der Waals surface area contributed by atoms with Gasteiger partial charge in [0.2, 0.25) is 28.8 Å². The van der Waals surface area contributed by atoms with Crippen molar-refractivity contribution in [3.05, 3.63) is 114 Å². The van der Waals surface area contributed by atoms with Crippen molar-refractivity contribution in [2.45, 2.75) is 149 Å². The van der Waals surface area contributed by atoms with Gasteiger partial charge in [0, 0.05) is 45.4 Å². The van der Waals surface area contributed by atoms with E-state index < -0.39 is 8.07 Å². The summed E-state index contributed by atoms with van der Waals surface area (Å²) in [4.78, 5) is 5.17. The van der Waals surface area contributed by atoms with Crippen LogP contribution in [-0.4, -0.2) is 13.1 Å². The van der Waals surface area contributed by atoms with Crippen LogP contribution in [0.4, 0.5) is 0 Å². The van der Waals surface area contributed by atoms with E-state index in [0.29, 0.717) is 11.8 Å². The molecule has 0 spiro atoms. The van der Waals surface area contributed by atoms with E-state index >= 15 is 0 Å². The van der Waals surface area contributed by atoms with Crippen LogP contribution in [0, 0.1) is 17.3 Å². The Morgan fingerprint density at radius 1 is 0.850 bits per heavy atom. The molecule has 0 radical (unpaired) electrons. The smallest absolute Gasteiger partial charge is 0.249 e. The molecule has 4 aromatic heterocycles. The zero-order chi connectivity index (χ0) is 41.5. The topological polar surface area (TPSA) is 33.8 Å². The summed E-state index contributed by atoms with van der Waals surface area (Å²) in [5.74, 6) is 2.27. The fraction of sp³-hybridized carbons (Fsp3) is 0.473.